The van der Waals surface area contributed by atoms with Crippen molar-refractivity contribution in [2.24, 2.45) is 0 Å². The molecule has 1 aliphatic rings. The number of aliphatic hydroxyl groups excluding tert-OH is 2. The van der Waals surface area contributed by atoms with E-state index in [1.807, 2.05) is 0 Å². The van der Waals surface area contributed by atoms with Gasteiger partial charge in [0.25, 0.3) is 0 Å². The number of nitrogens with zero attached hydrogens (tertiary/aromatic N) is 2. The third kappa shape index (κ3) is 1.63. The van der Waals surface area contributed by atoms with E-state index in [1.165, 1.54) is 13.8 Å². The topological polar surface area (TPSA) is 81.1 Å². The molecular weight excluding hydrogens is 176 g/mol. The zero-order valence-corrected chi connectivity index (χ0v) is 7.47. The summed E-state index contributed by atoms with van der Waals surface area (Å²) in [5, 5.41) is 18.6. The van der Waals surface area contributed by atoms with Crippen LogP contribution in [0.25, 0.3) is 0 Å². The van der Waals surface area contributed by atoms with Gasteiger partial charge in [-0.05, 0) is 0 Å². The van der Waals surface area contributed by atoms with Crippen LogP contribution in [0, 0.1) is 0 Å². The van der Waals surface area contributed by atoms with Crippen LogP contribution in [0.4, 0.5) is 0 Å². The highest BCUT2D eigenvalue weighted by Crippen LogP contribution is 2.16. The summed E-state index contributed by atoms with van der Waals surface area (Å²) in [5.41, 5.74) is 0. The summed E-state index contributed by atoms with van der Waals surface area (Å²) >= 11 is 0. The Hall–Kier alpha value is -1.14. The van der Waals surface area contributed by atoms with Gasteiger partial charge in [0.05, 0.1) is 0 Å². The molecule has 0 spiro atoms. The molecule has 2 atom stereocenters. The molecule has 13 heavy (non-hydrogen) atoms. The minimum Gasteiger partial charge on any atom is -0.369 e. The van der Waals surface area contributed by atoms with Crippen molar-refractivity contribution >= 4 is 11.8 Å². The van der Waals surface area contributed by atoms with Crippen LogP contribution in [-0.4, -0.2) is 51.0 Å². The van der Waals surface area contributed by atoms with Gasteiger partial charge in [0.2, 0.25) is 11.8 Å². The third-order valence-corrected chi connectivity index (χ3v) is 2.02. The molecule has 0 aromatic heterocycles. The maximum Gasteiger partial charge on any atom is 0.223 e. The Balaban J connectivity index is 2.78. The summed E-state index contributed by atoms with van der Waals surface area (Å²) in [6, 6.07) is 0. The van der Waals surface area contributed by atoms with Gasteiger partial charge in [0.15, 0.2) is 12.5 Å². The van der Waals surface area contributed by atoms with Crippen molar-refractivity contribution in [3.05, 3.63) is 0 Å². The summed E-state index contributed by atoms with van der Waals surface area (Å²) in [5.74, 6) is -0.759. The minimum absolute atomic E-state index is 0.0625. The molecular formula is C7H12N2O4. The van der Waals surface area contributed by atoms with Gasteiger partial charge in [-0.2, -0.15) is 0 Å². The molecule has 1 rings (SSSR count). The summed E-state index contributed by atoms with van der Waals surface area (Å²) in [4.78, 5) is 23.8. The zero-order chi connectivity index (χ0) is 10.2. The summed E-state index contributed by atoms with van der Waals surface area (Å²) in [6.45, 7) is 2.46. The molecule has 2 amide bonds. The van der Waals surface area contributed by atoms with E-state index in [0.717, 1.165) is 9.80 Å². The molecule has 6 nitrogen and oxygen atoms in total. The van der Waals surface area contributed by atoms with Gasteiger partial charge in [-0.3, -0.25) is 19.4 Å². The van der Waals surface area contributed by atoms with Crippen molar-refractivity contribution in [3.63, 3.8) is 0 Å². The second-order valence-electron chi connectivity index (χ2n) is 2.95. The minimum atomic E-state index is -1.32. The molecule has 0 unspecified atom stereocenters. The second-order valence-corrected chi connectivity index (χ2v) is 2.95. The molecule has 1 heterocycles. The molecule has 0 saturated carbocycles. The van der Waals surface area contributed by atoms with Crippen molar-refractivity contribution in [3.8, 4) is 0 Å². The molecule has 6 heteroatoms. The quantitative estimate of drug-likeness (QED) is 0.474. The van der Waals surface area contributed by atoms with Crippen molar-refractivity contribution in [2.75, 3.05) is 6.67 Å². The molecule has 2 N–H and O–H groups in total. The zero-order valence-electron chi connectivity index (χ0n) is 7.47. The van der Waals surface area contributed by atoms with Gasteiger partial charge in [0, 0.05) is 13.8 Å². The average Bonchev–Trinajstić information content (AvgIpc) is 2.29. The van der Waals surface area contributed by atoms with Gasteiger partial charge in [-0.15, -0.1) is 0 Å². The second kappa shape index (κ2) is 3.31. The largest absolute Gasteiger partial charge is 0.369 e. The smallest absolute Gasteiger partial charge is 0.223 e. The van der Waals surface area contributed by atoms with Gasteiger partial charge < -0.3 is 10.2 Å². The Morgan fingerprint density at radius 2 is 1.38 bits per heavy atom. The Kier molecular flexibility index (Phi) is 2.53. The van der Waals surface area contributed by atoms with Gasteiger partial charge in [-0.1, -0.05) is 0 Å². The highest BCUT2D eigenvalue weighted by molar-refractivity contribution is 5.77. The lowest BCUT2D eigenvalue weighted by Gasteiger charge is -2.17. The molecule has 0 aromatic carbocycles. The standard InChI is InChI=1S/C7H12N2O4/c1-4(10)8-3-9(5(2)11)7(13)6(8)12/h6-7,12-13H,3H2,1-2H3/t6-,7-/m0/s1. The number of hydrogen-bond donors (Lipinski definition) is 2. The van der Waals surface area contributed by atoms with Crippen LogP contribution in [0.1, 0.15) is 13.8 Å². The van der Waals surface area contributed by atoms with Crippen LogP contribution in [0.2, 0.25) is 0 Å². The van der Waals surface area contributed by atoms with E-state index in [0.29, 0.717) is 0 Å². The lowest BCUT2D eigenvalue weighted by Crippen LogP contribution is -2.39. The monoisotopic (exact) mass is 188 g/mol. The first-order valence-electron chi connectivity index (χ1n) is 3.85. The normalized spacial score (nSPS) is 28.0. The maximum absolute atomic E-state index is 10.9. The van der Waals surface area contributed by atoms with Crippen molar-refractivity contribution in [1.29, 1.82) is 0 Å². The number of carbonyl (C=O) groups is 2. The first-order valence-corrected chi connectivity index (χ1v) is 3.85. The number of carbonyl (C=O) groups excluding carboxylic acids is 2. The van der Waals surface area contributed by atoms with Crippen molar-refractivity contribution < 1.29 is 19.8 Å². The van der Waals surface area contributed by atoms with E-state index in [1.54, 1.807) is 0 Å². The SMILES string of the molecule is CC(=O)N1CN(C(C)=O)[C@@H](O)[C@@H]1O. The van der Waals surface area contributed by atoms with Crippen molar-refractivity contribution in [1.82, 2.24) is 9.80 Å². The molecule has 0 bridgehead atoms. The first-order chi connectivity index (χ1) is 5.95. The fourth-order valence-electron chi connectivity index (χ4n) is 1.23. The third-order valence-electron chi connectivity index (χ3n) is 2.02. The van der Waals surface area contributed by atoms with E-state index in [2.05, 4.69) is 0 Å². The lowest BCUT2D eigenvalue weighted by molar-refractivity contribution is -0.143. The maximum atomic E-state index is 10.9. The summed E-state index contributed by atoms with van der Waals surface area (Å²) in [7, 11) is 0. The lowest BCUT2D eigenvalue weighted by atomic mass is 10.4. The van der Waals surface area contributed by atoms with Crippen LogP contribution < -0.4 is 0 Å². The predicted octanol–water partition coefficient (Wildman–Crippen LogP) is -1.71. The van der Waals surface area contributed by atoms with Crippen LogP contribution in [0.5, 0.6) is 0 Å². The highest BCUT2D eigenvalue weighted by Gasteiger charge is 2.40. The summed E-state index contributed by atoms with van der Waals surface area (Å²) in [6.07, 6.45) is -2.64. The molecule has 1 aliphatic heterocycles. The number of aliphatic hydroxyl groups is 2. The molecule has 0 aliphatic carbocycles. The molecule has 1 fully saturated rings. The Morgan fingerprint density at radius 1 is 1.08 bits per heavy atom. The molecule has 1 saturated heterocycles. The van der Waals surface area contributed by atoms with Crippen LogP contribution in [-0.2, 0) is 9.59 Å². The van der Waals surface area contributed by atoms with E-state index in [9.17, 15) is 19.8 Å². The molecule has 0 aromatic rings. The first kappa shape index (κ1) is 9.94. The average molecular weight is 188 g/mol. The fraction of sp³-hybridized carbons (Fsp3) is 0.714. The number of hydrogen-bond acceptors (Lipinski definition) is 4. The highest BCUT2D eigenvalue weighted by atomic mass is 16.4. The molecule has 0 radical (unpaired) electrons. The van der Waals surface area contributed by atoms with Gasteiger partial charge in [-0.25, -0.2) is 0 Å². The predicted molar refractivity (Wildman–Crippen MR) is 41.9 cm³/mol. The number of rotatable bonds is 0. The van der Waals surface area contributed by atoms with Crippen LogP contribution in [0.15, 0.2) is 0 Å². The Labute approximate surface area is 75.4 Å². The van der Waals surface area contributed by atoms with E-state index in [4.69, 9.17) is 0 Å². The van der Waals surface area contributed by atoms with E-state index in [-0.39, 0.29) is 18.5 Å². The molecule has 74 valence electrons. The van der Waals surface area contributed by atoms with Crippen molar-refractivity contribution in [2.45, 2.75) is 26.3 Å². The number of amides is 2. The van der Waals surface area contributed by atoms with Gasteiger partial charge in [0.1, 0.15) is 6.67 Å². The van der Waals surface area contributed by atoms with Crippen LogP contribution >= 0.6 is 0 Å². The van der Waals surface area contributed by atoms with E-state index < -0.39 is 12.5 Å². The Morgan fingerprint density at radius 3 is 1.54 bits per heavy atom. The Bertz CT molecular complexity index is 219. The van der Waals surface area contributed by atoms with Crippen LogP contribution in [0.3, 0.4) is 0 Å². The van der Waals surface area contributed by atoms with Gasteiger partial charge >= 0.3 is 0 Å². The van der Waals surface area contributed by atoms with E-state index >= 15 is 0 Å². The fourth-order valence-corrected chi connectivity index (χ4v) is 1.23. The summed E-state index contributed by atoms with van der Waals surface area (Å²) < 4.78 is 0.